The van der Waals surface area contributed by atoms with Crippen molar-refractivity contribution in [3.63, 3.8) is 0 Å². The van der Waals surface area contributed by atoms with Gasteiger partial charge in [0, 0.05) is 22.4 Å². The van der Waals surface area contributed by atoms with Crippen LogP contribution in [0, 0.1) is 0 Å². The van der Waals surface area contributed by atoms with E-state index < -0.39 is 0 Å². The fourth-order valence-electron chi connectivity index (χ4n) is 2.51. The third-order valence-corrected chi connectivity index (χ3v) is 4.67. The van der Waals surface area contributed by atoms with Crippen LogP contribution in [0.4, 0.5) is 0 Å². The van der Waals surface area contributed by atoms with Crippen molar-refractivity contribution in [3.05, 3.63) is 34.3 Å². The van der Waals surface area contributed by atoms with Gasteiger partial charge in [-0.1, -0.05) is 28.1 Å². The first-order chi connectivity index (χ1) is 8.74. The molecule has 0 radical (unpaired) electrons. The summed E-state index contributed by atoms with van der Waals surface area (Å²) in [5.41, 5.74) is 0.781. The van der Waals surface area contributed by atoms with E-state index in [9.17, 15) is 4.79 Å². The number of hydrogen-bond donors (Lipinski definition) is 0. The van der Waals surface area contributed by atoms with Crippen LogP contribution in [0.2, 0.25) is 0 Å². The Balaban J connectivity index is 2.10. The summed E-state index contributed by atoms with van der Waals surface area (Å²) in [4.78, 5) is 14.6. The Bertz CT molecular complexity index is 422. The SMILES string of the molecule is O=C(c1ccccc1Br)N1CCCC1CCCBr. The van der Waals surface area contributed by atoms with Crippen molar-refractivity contribution in [1.82, 2.24) is 4.90 Å². The zero-order valence-electron chi connectivity index (χ0n) is 10.2. The molecule has 1 aliphatic rings. The van der Waals surface area contributed by atoms with Crippen molar-refractivity contribution >= 4 is 37.8 Å². The molecule has 0 N–H and O–H groups in total. The first-order valence-electron chi connectivity index (χ1n) is 6.35. The Morgan fingerprint density at radius 3 is 2.89 bits per heavy atom. The van der Waals surface area contributed by atoms with Gasteiger partial charge in [0.25, 0.3) is 5.91 Å². The highest BCUT2D eigenvalue weighted by Crippen LogP contribution is 2.26. The van der Waals surface area contributed by atoms with Gasteiger partial charge in [0.15, 0.2) is 0 Å². The van der Waals surface area contributed by atoms with E-state index in [0.29, 0.717) is 6.04 Å². The first-order valence-corrected chi connectivity index (χ1v) is 8.27. The second kappa shape index (κ2) is 6.71. The van der Waals surface area contributed by atoms with Crippen molar-refractivity contribution in [2.24, 2.45) is 0 Å². The summed E-state index contributed by atoms with van der Waals surface area (Å²) in [6.07, 6.45) is 4.50. The number of amides is 1. The van der Waals surface area contributed by atoms with E-state index >= 15 is 0 Å². The first kappa shape index (κ1) is 14.1. The second-order valence-electron chi connectivity index (χ2n) is 4.61. The van der Waals surface area contributed by atoms with Crippen LogP contribution >= 0.6 is 31.9 Å². The zero-order valence-corrected chi connectivity index (χ0v) is 13.4. The lowest BCUT2D eigenvalue weighted by molar-refractivity contribution is 0.0729. The average Bonchev–Trinajstić information content (AvgIpc) is 2.84. The number of carbonyl (C=O) groups is 1. The van der Waals surface area contributed by atoms with Crippen LogP contribution in [0.25, 0.3) is 0 Å². The molecule has 0 aliphatic carbocycles. The molecule has 1 saturated heterocycles. The van der Waals surface area contributed by atoms with Crippen LogP contribution in [0.1, 0.15) is 36.0 Å². The lowest BCUT2D eigenvalue weighted by atomic mass is 10.1. The molecule has 1 fully saturated rings. The van der Waals surface area contributed by atoms with Gasteiger partial charge in [-0.05, 0) is 53.7 Å². The largest absolute Gasteiger partial charge is 0.336 e. The number of halogens is 2. The molecule has 1 unspecified atom stereocenters. The summed E-state index contributed by atoms with van der Waals surface area (Å²) in [5, 5.41) is 1.01. The molecule has 2 nitrogen and oxygen atoms in total. The summed E-state index contributed by atoms with van der Waals surface area (Å²) in [7, 11) is 0. The Kier molecular flexibility index (Phi) is 5.25. The Hall–Kier alpha value is -0.350. The van der Waals surface area contributed by atoms with Gasteiger partial charge in [-0.15, -0.1) is 0 Å². The lowest BCUT2D eigenvalue weighted by Gasteiger charge is -2.25. The van der Waals surface area contributed by atoms with Gasteiger partial charge in [-0.3, -0.25) is 4.79 Å². The Morgan fingerprint density at radius 2 is 2.17 bits per heavy atom. The van der Waals surface area contributed by atoms with E-state index in [1.54, 1.807) is 0 Å². The van der Waals surface area contributed by atoms with Crippen LogP contribution < -0.4 is 0 Å². The van der Waals surface area contributed by atoms with Gasteiger partial charge in [-0.25, -0.2) is 0 Å². The molecule has 18 heavy (non-hydrogen) atoms. The number of likely N-dealkylation sites (tertiary alicyclic amines) is 1. The number of hydrogen-bond acceptors (Lipinski definition) is 1. The third kappa shape index (κ3) is 3.15. The normalized spacial score (nSPS) is 19.2. The maximum absolute atomic E-state index is 12.5. The highest BCUT2D eigenvalue weighted by Gasteiger charge is 2.29. The van der Waals surface area contributed by atoms with Gasteiger partial charge < -0.3 is 4.90 Å². The van der Waals surface area contributed by atoms with Crippen LogP contribution in [0.15, 0.2) is 28.7 Å². The molecule has 0 aromatic heterocycles. The predicted octanol–water partition coefficient (Wildman–Crippen LogP) is 4.23. The Labute approximate surface area is 125 Å². The van der Waals surface area contributed by atoms with Gasteiger partial charge in [0.2, 0.25) is 0 Å². The quantitative estimate of drug-likeness (QED) is 0.722. The molecule has 1 heterocycles. The zero-order chi connectivity index (χ0) is 13.0. The minimum absolute atomic E-state index is 0.166. The molecule has 0 spiro atoms. The summed E-state index contributed by atoms with van der Waals surface area (Å²) in [6.45, 7) is 0.896. The second-order valence-corrected chi connectivity index (χ2v) is 6.25. The van der Waals surface area contributed by atoms with Crippen molar-refractivity contribution in [2.45, 2.75) is 31.7 Å². The van der Waals surface area contributed by atoms with Crippen molar-refractivity contribution in [2.75, 3.05) is 11.9 Å². The smallest absolute Gasteiger partial charge is 0.255 e. The maximum atomic E-state index is 12.5. The van der Waals surface area contributed by atoms with Crippen molar-refractivity contribution in [3.8, 4) is 0 Å². The fraction of sp³-hybridized carbons (Fsp3) is 0.500. The molecular weight excluding hydrogens is 358 g/mol. The molecule has 1 atom stereocenters. The topological polar surface area (TPSA) is 20.3 Å². The summed E-state index contributed by atoms with van der Waals surface area (Å²) in [6, 6.07) is 8.10. The van der Waals surface area contributed by atoms with Crippen LogP contribution in [0.5, 0.6) is 0 Å². The monoisotopic (exact) mass is 373 g/mol. The van der Waals surface area contributed by atoms with E-state index in [0.717, 1.165) is 47.6 Å². The number of benzene rings is 1. The van der Waals surface area contributed by atoms with E-state index in [1.165, 1.54) is 0 Å². The Morgan fingerprint density at radius 1 is 1.39 bits per heavy atom. The van der Waals surface area contributed by atoms with Gasteiger partial charge in [0.05, 0.1) is 5.56 Å². The molecule has 1 aromatic rings. The summed E-state index contributed by atoms with van der Waals surface area (Å²) in [5.74, 6) is 0.166. The van der Waals surface area contributed by atoms with E-state index in [4.69, 9.17) is 0 Å². The van der Waals surface area contributed by atoms with Gasteiger partial charge in [-0.2, -0.15) is 0 Å². The molecule has 2 rings (SSSR count). The number of carbonyl (C=O) groups excluding carboxylic acids is 1. The number of nitrogens with zero attached hydrogens (tertiary/aromatic N) is 1. The molecule has 1 aliphatic heterocycles. The van der Waals surface area contributed by atoms with Gasteiger partial charge in [0.1, 0.15) is 0 Å². The number of rotatable bonds is 4. The van der Waals surface area contributed by atoms with E-state index in [2.05, 4.69) is 31.9 Å². The molecule has 0 saturated carbocycles. The third-order valence-electron chi connectivity index (χ3n) is 3.41. The van der Waals surface area contributed by atoms with Crippen LogP contribution in [-0.4, -0.2) is 28.7 Å². The summed E-state index contributed by atoms with van der Waals surface area (Å²) >= 11 is 6.92. The molecule has 4 heteroatoms. The molecule has 0 bridgehead atoms. The van der Waals surface area contributed by atoms with Crippen molar-refractivity contribution < 1.29 is 4.79 Å². The highest BCUT2D eigenvalue weighted by atomic mass is 79.9. The molecule has 98 valence electrons. The maximum Gasteiger partial charge on any atom is 0.255 e. The van der Waals surface area contributed by atoms with Crippen LogP contribution in [-0.2, 0) is 0 Å². The number of alkyl halides is 1. The standard InChI is InChI=1S/C14H17Br2NO/c15-9-3-5-11-6-4-10-17(11)14(18)12-7-1-2-8-13(12)16/h1-2,7-8,11H,3-6,9-10H2. The average molecular weight is 375 g/mol. The molecular formula is C14H17Br2NO. The highest BCUT2D eigenvalue weighted by molar-refractivity contribution is 9.10. The van der Waals surface area contributed by atoms with E-state index in [-0.39, 0.29) is 5.91 Å². The molecule has 1 aromatic carbocycles. The summed E-state index contributed by atoms with van der Waals surface area (Å²) < 4.78 is 0.890. The van der Waals surface area contributed by atoms with Crippen molar-refractivity contribution in [1.29, 1.82) is 0 Å². The van der Waals surface area contributed by atoms with Gasteiger partial charge >= 0.3 is 0 Å². The van der Waals surface area contributed by atoms with E-state index in [1.807, 2.05) is 29.2 Å². The minimum Gasteiger partial charge on any atom is -0.336 e. The lowest BCUT2D eigenvalue weighted by Crippen LogP contribution is -2.35. The van der Waals surface area contributed by atoms with Crippen LogP contribution in [0.3, 0.4) is 0 Å². The fourth-order valence-corrected chi connectivity index (χ4v) is 3.28. The minimum atomic E-state index is 0.166. The molecule has 1 amide bonds. The predicted molar refractivity (Wildman–Crippen MR) is 81.2 cm³/mol.